The Morgan fingerprint density at radius 3 is 2.30 bits per heavy atom. The van der Waals surface area contributed by atoms with E-state index in [9.17, 15) is 0 Å². The number of rotatable bonds is 10. The molecule has 3 heteroatoms. The van der Waals surface area contributed by atoms with Crippen molar-refractivity contribution < 1.29 is 0 Å². The maximum absolute atomic E-state index is 7.63. The Kier molecular flexibility index (Phi) is 7.78. The van der Waals surface area contributed by atoms with Gasteiger partial charge < -0.3 is 10.6 Å². The topological polar surface area (TPSA) is 53.1 Å². The van der Waals surface area contributed by atoms with Crippen molar-refractivity contribution in [3.8, 4) is 0 Å². The lowest BCUT2D eigenvalue weighted by Gasteiger charge is -2.22. The van der Waals surface area contributed by atoms with Gasteiger partial charge in [-0.15, -0.1) is 0 Å². The summed E-state index contributed by atoms with van der Waals surface area (Å²) in [6.07, 6.45) is 9.24. The highest BCUT2D eigenvalue weighted by molar-refractivity contribution is 6.00. The van der Waals surface area contributed by atoms with E-state index in [2.05, 4.69) is 18.9 Å². The highest BCUT2D eigenvalue weighted by Gasteiger charge is 2.08. The van der Waals surface area contributed by atoms with Gasteiger partial charge in [0.05, 0.1) is 0 Å². The standard InChI is InChI=1S/C17H29N3/c1-3-4-5-6-7-8-11-14-20(2)16-13-10-9-12-15(16)17(18)19/h9-10,12-13H,3-8,11,14H2,1-2H3,(H3,18,19). The lowest BCUT2D eigenvalue weighted by Crippen LogP contribution is -2.23. The lowest BCUT2D eigenvalue weighted by atomic mass is 10.1. The number of hydrogen-bond acceptors (Lipinski definition) is 2. The summed E-state index contributed by atoms with van der Waals surface area (Å²) in [4.78, 5) is 2.21. The van der Waals surface area contributed by atoms with Crippen LogP contribution in [0.25, 0.3) is 0 Å². The SMILES string of the molecule is CCCCCCCCCN(C)c1ccccc1C(=N)N. The van der Waals surface area contributed by atoms with Crippen molar-refractivity contribution in [1.29, 1.82) is 5.41 Å². The summed E-state index contributed by atoms with van der Waals surface area (Å²) in [6.45, 7) is 3.28. The molecule has 0 fully saturated rings. The van der Waals surface area contributed by atoms with Crippen molar-refractivity contribution in [2.75, 3.05) is 18.5 Å². The summed E-state index contributed by atoms with van der Waals surface area (Å²) in [5.74, 6) is 0.145. The predicted octanol–water partition coefficient (Wildman–Crippen LogP) is 4.16. The summed E-state index contributed by atoms with van der Waals surface area (Å²) < 4.78 is 0. The molecule has 0 heterocycles. The first-order chi connectivity index (χ1) is 9.66. The average Bonchev–Trinajstić information content (AvgIpc) is 2.46. The van der Waals surface area contributed by atoms with Crippen LogP contribution in [0.2, 0.25) is 0 Å². The van der Waals surface area contributed by atoms with Crippen LogP contribution in [0, 0.1) is 5.41 Å². The molecule has 0 aromatic heterocycles. The van der Waals surface area contributed by atoms with Gasteiger partial charge >= 0.3 is 0 Å². The summed E-state index contributed by atoms with van der Waals surface area (Å²) >= 11 is 0. The number of benzene rings is 1. The predicted molar refractivity (Wildman–Crippen MR) is 88.7 cm³/mol. The van der Waals surface area contributed by atoms with E-state index in [-0.39, 0.29) is 5.84 Å². The molecule has 0 saturated heterocycles. The molecule has 3 N–H and O–H groups in total. The van der Waals surface area contributed by atoms with Gasteiger partial charge in [0.2, 0.25) is 0 Å². The maximum atomic E-state index is 7.63. The van der Waals surface area contributed by atoms with Crippen molar-refractivity contribution in [3.05, 3.63) is 29.8 Å². The lowest BCUT2D eigenvalue weighted by molar-refractivity contribution is 0.588. The molecule has 1 aromatic rings. The minimum atomic E-state index is 0.145. The smallest absolute Gasteiger partial charge is 0.124 e. The number of nitrogen functional groups attached to an aromatic ring is 1. The fraction of sp³-hybridized carbons (Fsp3) is 0.588. The van der Waals surface area contributed by atoms with Crippen molar-refractivity contribution >= 4 is 11.5 Å². The number of hydrogen-bond donors (Lipinski definition) is 2. The number of nitrogens with zero attached hydrogens (tertiary/aromatic N) is 1. The van der Waals surface area contributed by atoms with E-state index in [1.54, 1.807) is 0 Å². The van der Waals surface area contributed by atoms with Crippen LogP contribution in [0.15, 0.2) is 24.3 Å². The summed E-state index contributed by atoms with van der Waals surface area (Å²) in [7, 11) is 2.08. The second-order valence-corrected chi connectivity index (χ2v) is 5.47. The third-order valence-corrected chi connectivity index (χ3v) is 3.70. The van der Waals surface area contributed by atoms with Crippen LogP contribution in [0.3, 0.4) is 0 Å². The molecule has 20 heavy (non-hydrogen) atoms. The van der Waals surface area contributed by atoms with Gasteiger partial charge in [0.1, 0.15) is 5.84 Å². The number of amidine groups is 1. The number of nitrogens with two attached hydrogens (primary N) is 1. The maximum Gasteiger partial charge on any atom is 0.124 e. The van der Waals surface area contributed by atoms with Gasteiger partial charge in [0, 0.05) is 24.8 Å². The van der Waals surface area contributed by atoms with Crippen LogP contribution in [-0.2, 0) is 0 Å². The third kappa shape index (κ3) is 5.64. The highest BCUT2D eigenvalue weighted by Crippen LogP contribution is 2.19. The van der Waals surface area contributed by atoms with E-state index in [1.165, 1.54) is 44.9 Å². The van der Waals surface area contributed by atoms with Crippen LogP contribution in [0.1, 0.15) is 57.4 Å². The van der Waals surface area contributed by atoms with Crippen molar-refractivity contribution in [3.63, 3.8) is 0 Å². The molecular weight excluding hydrogens is 246 g/mol. The molecule has 0 radical (unpaired) electrons. The van der Waals surface area contributed by atoms with Crippen molar-refractivity contribution in [2.24, 2.45) is 5.73 Å². The van der Waals surface area contributed by atoms with E-state index in [0.717, 1.165) is 17.8 Å². The second kappa shape index (κ2) is 9.40. The van der Waals surface area contributed by atoms with Gasteiger partial charge in [-0.1, -0.05) is 57.6 Å². The molecular formula is C17H29N3. The molecule has 0 bridgehead atoms. The normalized spacial score (nSPS) is 10.5. The minimum absolute atomic E-state index is 0.145. The molecule has 0 unspecified atom stereocenters. The molecule has 0 atom stereocenters. The first-order valence-electron chi connectivity index (χ1n) is 7.81. The number of para-hydroxylation sites is 1. The largest absolute Gasteiger partial charge is 0.384 e. The number of nitrogens with one attached hydrogen (secondary N) is 1. The summed E-state index contributed by atoms with van der Waals surface area (Å²) in [6, 6.07) is 7.89. The zero-order chi connectivity index (χ0) is 14.8. The van der Waals surface area contributed by atoms with E-state index in [1.807, 2.05) is 24.3 Å². The molecule has 1 rings (SSSR count). The van der Waals surface area contributed by atoms with Crippen molar-refractivity contribution in [1.82, 2.24) is 0 Å². The molecule has 0 aliphatic rings. The Hall–Kier alpha value is -1.51. The molecule has 1 aromatic carbocycles. The fourth-order valence-electron chi connectivity index (χ4n) is 2.46. The van der Waals surface area contributed by atoms with Gasteiger partial charge in [-0.25, -0.2) is 0 Å². The van der Waals surface area contributed by atoms with Crippen LogP contribution < -0.4 is 10.6 Å². The van der Waals surface area contributed by atoms with Gasteiger partial charge in [0.15, 0.2) is 0 Å². The molecule has 0 aliphatic carbocycles. The Morgan fingerprint density at radius 1 is 1.05 bits per heavy atom. The van der Waals surface area contributed by atoms with Crippen LogP contribution in [-0.4, -0.2) is 19.4 Å². The minimum Gasteiger partial charge on any atom is -0.384 e. The molecule has 0 amide bonds. The van der Waals surface area contributed by atoms with Gasteiger partial charge in [-0.2, -0.15) is 0 Å². The number of unbranched alkanes of at least 4 members (excludes halogenated alkanes) is 6. The first-order valence-corrected chi connectivity index (χ1v) is 7.81. The Morgan fingerprint density at radius 2 is 1.65 bits per heavy atom. The van der Waals surface area contributed by atoms with Gasteiger partial charge in [-0.05, 0) is 18.6 Å². The molecule has 112 valence electrons. The molecule has 3 nitrogen and oxygen atoms in total. The zero-order valence-corrected chi connectivity index (χ0v) is 13.0. The van der Waals surface area contributed by atoms with Crippen LogP contribution in [0.5, 0.6) is 0 Å². The van der Waals surface area contributed by atoms with Crippen LogP contribution in [0.4, 0.5) is 5.69 Å². The Balaban J connectivity index is 2.32. The van der Waals surface area contributed by atoms with E-state index in [0.29, 0.717) is 0 Å². The average molecular weight is 275 g/mol. The Bertz CT molecular complexity index is 401. The van der Waals surface area contributed by atoms with Gasteiger partial charge in [-0.3, -0.25) is 5.41 Å². The zero-order valence-electron chi connectivity index (χ0n) is 13.0. The monoisotopic (exact) mass is 275 g/mol. The first kappa shape index (κ1) is 16.5. The quantitative estimate of drug-likeness (QED) is 0.383. The third-order valence-electron chi connectivity index (χ3n) is 3.70. The van der Waals surface area contributed by atoms with E-state index >= 15 is 0 Å². The number of anilines is 1. The summed E-state index contributed by atoms with van der Waals surface area (Å²) in [5, 5.41) is 7.63. The second-order valence-electron chi connectivity index (χ2n) is 5.47. The van der Waals surface area contributed by atoms with E-state index in [4.69, 9.17) is 11.1 Å². The Labute approximate surface area is 123 Å². The van der Waals surface area contributed by atoms with E-state index < -0.39 is 0 Å². The fourth-order valence-corrected chi connectivity index (χ4v) is 2.46. The van der Waals surface area contributed by atoms with Crippen LogP contribution >= 0.6 is 0 Å². The molecule has 0 aliphatic heterocycles. The molecule has 0 spiro atoms. The van der Waals surface area contributed by atoms with Crippen molar-refractivity contribution in [2.45, 2.75) is 51.9 Å². The highest BCUT2D eigenvalue weighted by atomic mass is 15.1. The van der Waals surface area contributed by atoms with Gasteiger partial charge in [0.25, 0.3) is 0 Å². The molecule has 0 saturated carbocycles. The summed E-state index contributed by atoms with van der Waals surface area (Å²) in [5.41, 5.74) is 7.52.